The number of ether oxygens (including phenoxy) is 2. The number of nitro benzene ring substituents is 2. The van der Waals surface area contributed by atoms with Crippen molar-refractivity contribution in [1.29, 1.82) is 0 Å². The molecule has 0 aliphatic carbocycles. The second-order valence-corrected chi connectivity index (χ2v) is 3.18. The predicted octanol–water partition coefficient (Wildman–Crippen LogP) is 1.92. The molecule has 0 aromatic heterocycles. The average Bonchev–Trinajstić information content (AvgIpc) is 2.33. The van der Waals surface area contributed by atoms with Crippen LogP contribution >= 0.6 is 0 Å². The van der Waals surface area contributed by atoms with Crippen LogP contribution < -0.4 is 4.74 Å². The van der Waals surface area contributed by atoms with E-state index in [1.807, 2.05) is 0 Å². The minimum absolute atomic E-state index is 0.0931. The van der Waals surface area contributed by atoms with E-state index in [1.165, 1.54) is 12.1 Å². The smallest absolute Gasteiger partial charge is 0.387 e. The summed E-state index contributed by atoms with van der Waals surface area (Å²) in [4.78, 5) is 19.9. The topological polar surface area (TPSA) is 105 Å². The summed E-state index contributed by atoms with van der Waals surface area (Å²) >= 11 is 0. The van der Waals surface area contributed by atoms with Crippen LogP contribution in [-0.2, 0) is 4.74 Å². The molecule has 0 amide bonds. The lowest BCUT2D eigenvalue weighted by Gasteiger charge is -2.06. The molecule has 1 rings (SSSR count). The van der Waals surface area contributed by atoms with Crippen LogP contribution in [-0.4, -0.2) is 29.7 Å². The van der Waals surface area contributed by atoms with E-state index in [4.69, 9.17) is 9.47 Å². The number of nitrogens with zero attached hydrogens (tertiary/aromatic N) is 2. The number of para-hydroxylation sites is 1. The Morgan fingerprint density at radius 3 is 2.44 bits per heavy atom. The normalized spacial score (nSPS) is 10.1. The fourth-order valence-electron chi connectivity index (χ4n) is 1.31. The van der Waals surface area contributed by atoms with Gasteiger partial charge in [0.1, 0.15) is 6.61 Å². The maximum Gasteiger partial charge on any atom is 0.387 e. The van der Waals surface area contributed by atoms with Crippen LogP contribution in [0.5, 0.6) is 5.75 Å². The van der Waals surface area contributed by atoms with Crippen molar-refractivity contribution < 1.29 is 19.3 Å². The van der Waals surface area contributed by atoms with Gasteiger partial charge in [0.2, 0.25) is 5.75 Å². The van der Waals surface area contributed by atoms with Crippen molar-refractivity contribution in [3.8, 4) is 5.75 Å². The van der Waals surface area contributed by atoms with Crippen molar-refractivity contribution in [1.82, 2.24) is 0 Å². The molecule has 0 heterocycles. The zero-order valence-corrected chi connectivity index (χ0v) is 9.70. The highest BCUT2D eigenvalue weighted by molar-refractivity contribution is 5.61. The minimum atomic E-state index is -0.825. The predicted molar refractivity (Wildman–Crippen MR) is 61.7 cm³/mol. The molecule has 0 saturated carbocycles. The SMILES string of the molecule is CCOCCOc1cccc([N+](=O)[O-])c1[N+](=O)[O-]. The van der Waals surface area contributed by atoms with Gasteiger partial charge in [-0.05, 0) is 13.0 Å². The van der Waals surface area contributed by atoms with Crippen LogP contribution in [0, 0.1) is 20.2 Å². The Labute approximate surface area is 102 Å². The van der Waals surface area contributed by atoms with Gasteiger partial charge in [-0.3, -0.25) is 20.2 Å². The summed E-state index contributed by atoms with van der Waals surface area (Å²) in [5, 5.41) is 21.5. The van der Waals surface area contributed by atoms with Crippen molar-refractivity contribution in [2.75, 3.05) is 19.8 Å². The minimum Gasteiger partial charge on any atom is -0.484 e. The Kier molecular flexibility index (Phi) is 5.00. The third-order valence-electron chi connectivity index (χ3n) is 2.05. The molecule has 98 valence electrons. The molecule has 0 atom stereocenters. The van der Waals surface area contributed by atoms with Gasteiger partial charge in [0, 0.05) is 12.7 Å². The Hall–Kier alpha value is -2.22. The van der Waals surface area contributed by atoms with E-state index in [0.29, 0.717) is 6.61 Å². The van der Waals surface area contributed by atoms with Crippen molar-refractivity contribution in [3.05, 3.63) is 38.4 Å². The Morgan fingerprint density at radius 1 is 1.17 bits per heavy atom. The number of hydrogen-bond donors (Lipinski definition) is 0. The van der Waals surface area contributed by atoms with E-state index < -0.39 is 21.2 Å². The van der Waals surface area contributed by atoms with Gasteiger partial charge in [0.25, 0.3) is 0 Å². The van der Waals surface area contributed by atoms with Crippen LogP contribution in [0.2, 0.25) is 0 Å². The van der Waals surface area contributed by atoms with Crippen molar-refractivity contribution in [3.63, 3.8) is 0 Å². The first-order valence-electron chi connectivity index (χ1n) is 5.20. The number of hydrogen-bond acceptors (Lipinski definition) is 6. The second kappa shape index (κ2) is 6.50. The highest BCUT2D eigenvalue weighted by atomic mass is 16.6. The van der Waals surface area contributed by atoms with E-state index in [2.05, 4.69) is 0 Å². The molecular formula is C10H12N2O6. The Morgan fingerprint density at radius 2 is 1.89 bits per heavy atom. The molecule has 0 N–H and O–H groups in total. The summed E-state index contributed by atoms with van der Waals surface area (Å²) in [7, 11) is 0. The summed E-state index contributed by atoms with van der Waals surface area (Å²) in [6, 6.07) is 3.71. The highest BCUT2D eigenvalue weighted by Crippen LogP contribution is 2.35. The Balaban J connectivity index is 2.93. The zero-order valence-electron chi connectivity index (χ0n) is 9.70. The molecule has 0 aliphatic rings. The number of rotatable bonds is 7. The first kappa shape index (κ1) is 13.8. The van der Waals surface area contributed by atoms with Gasteiger partial charge < -0.3 is 9.47 Å². The number of nitro groups is 2. The molecule has 0 radical (unpaired) electrons. The highest BCUT2D eigenvalue weighted by Gasteiger charge is 2.29. The molecule has 8 nitrogen and oxygen atoms in total. The summed E-state index contributed by atoms with van der Waals surface area (Å²) in [5.74, 6) is -0.131. The van der Waals surface area contributed by atoms with Crippen LogP contribution in [0.1, 0.15) is 6.92 Å². The van der Waals surface area contributed by atoms with Gasteiger partial charge in [-0.15, -0.1) is 0 Å². The summed E-state index contributed by atoms with van der Waals surface area (Å²) in [6.07, 6.45) is 0. The molecular weight excluding hydrogens is 244 g/mol. The number of benzene rings is 1. The van der Waals surface area contributed by atoms with E-state index in [-0.39, 0.29) is 19.0 Å². The fraction of sp³-hybridized carbons (Fsp3) is 0.400. The third kappa shape index (κ3) is 3.39. The van der Waals surface area contributed by atoms with Gasteiger partial charge in [-0.25, -0.2) is 0 Å². The van der Waals surface area contributed by atoms with Crippen LogP contribution in [0.25, 0.3) is 0 Å². The van der Waals surface area contributed by atoms with Crippen LogP contribution in [0.15, 0.2) is 18.2 Å². The lowest BCUT2D eigenvalue weighted by molar-refractivity contribution is -0.423. The van der Waals surface area contributed by atoms with E-state index in [0.717, 1.165) is 6.07 Å². The van der Waals surface area contributed by atoms with Gasteiger partial charge in [-0.2, -0.15) is 0 Å². The molecule has 8 heteroatoms. The largest absolute Gasteiger partial charge is 0.484 e. The molecule has 0 bridgehead atoms. The standard InChI is InChI=1S/C10H12N2O6/c1-2-17-6-7-18-9-5-3-4-8(11(13)14)10(9)12(15)16/h3-5H,2,6-7H2,1H3. The van der Waals surface area contributed by atoms with Gasteiger partial charge >= 0.3 is 11.4 Å². The maximum atomic E-state index is 10.8. The quantitative estimate of drug-likeness (QED) is 0.419. The summed E-state index contributed by atoms with van der Waals surface area (Å²) in [6.45, 7) is 2.66. The monoisotopic (exact) mass is 256 g/mol. The van der Waals surface area contributed by atoms with Crippen LogP contribution in [0.4, 0.5) is 11.4 Å². The maximum absolute atomic E-state index is 10.8. The van der Waals surface area contributed by atoms with E-state index in [1.54, 1.807) is 6.92 Å². The molecule has 18 heavy (non-hydrogen) atoms. The lowest BCUT2D eigenvalue weighted by atomic mass is 10.2. The molecule has 0 spiro atoms. The third-order valence-corrected chi connectivity index (χ3v) is 2.05. The lowest BCUT2D eigenvalue weighted by Crippen LogP contribution is -2.08. The summed E-state index contributed by atoms with van der Waals surface area (Å²) in [5.41, 5.74) is -1.23. The van der Waals surface area contributed by atoms with Crippen molar-refractivity contribution in [2.24, 2.45) is 0 Å². The average molecular weight is 256 g/mol. The first-order chi connectivity index (χ1) is 8.57. The molecule has 0 unspecified atom stereocenters. The van der Waals surface area contributed by atoms with E-state index >= 15 is 0 Å². The van der Waals surface area contributed by atoms with Gasteiger partial charge in [-0.1, -0.05) is 6.07 Å². The molecule has 0 saturated heterocycles. The zero-order chi connectivity index (χ0) is 13.5. The van der Waals surface area contributed by atoms with E-state index in [9.17, 15) is 20.2 Å². The molecule has 0 fully saturated rings. The molecule has 1 aromatic carbocycles. The molecule has 0 aliphatic heterocycles. The van der Waals surface area contributed by atoms with Crippen molar-refractivity contribution >= 4 is 11.4 Å². The van der Waals surface area contributed by atoms with Gasteiger partial charge in [0.15, 0.2) is 0 Å². The van der Waals surface area contributed by atoms with Crippen molar-refractivity contribution in [2.45, 2.75) is 6.92 Å². The van der Waals surface area contributed by atoms with Crippen LogP contribution in [0.3, 0.4) is 0 Å². The van der Waals surface area contributed by atoms with Gasteiger partial charge in [0.05, 0.1) is 16.5 Å². The first-order valence-corrected chi connectivity index (χ1v) is 5.20. The second-order valence-electron chi connectivity index (χ2n) is 3.18. The Bertz CT molecular complexity index is 448. The summed E-state index contributed by atoms with van der Waals surface area (Å²) < 4.78 is 10.1. The fourth-order valence-corrected chi connectivity index (χ4v) is 1.31. The molecule has 1 aromatic rings.